The van der Waals surface area contributed by atoms with E-state index in [0.717, 1.165) is 60.2 Å². The Kier molecular flexibility index (Phi) is 8.87. The second kappa shape index (κ2) is 11.6. The predicted molar refractivity (Wildman–Crippen MR) is 132 cm³/mol. The quantitative estimate of drug-likeness (QED) is 0.441. The summed E-state index contributed by atoms with van der Waals surface area (Å²) < 4.78 is 6.49. The summed E-state index contributed by atoms with van der Waals surface area (Å²) in [6.07, 6.45) is 4.23. The third-order valence-corrected chi connectivity index (χ3v) is 6.45. The number of benzene rings is 2. The minimum atomic E-state index is -0.0871. The number of rotatable bonds is 7. The van der Waals surface area contributed by atoms with Crippen molar-refractivity contribution < 1.29 is 9.53 Å². The fourth-order valence-corrected chi connectivity index (χ4v) is 4.61. The first kappa shape index (κ1) is 23.7. The molecule has 1 aromatic heterocycles. The highest BCUT2D eigenvalue weighted by Crippen LogP contribution is 2.29. The van der Waals surface area contributed by atoms with Crippen molar-refractivity contribution in [2.75, 3.05) is 44.3 Å². The molecule has 1 fully saturated rings. The molecular weight excluding hydrogens is 453 g/mol. The van der Waals surface area contributed by atoms with Gasteiger partial charge in [-0.2, -0.15) is 0 Å². The van der Waals surface area contributed by atoms with Crippen molar-refractivity contribution in [1.82, 2.24) is 9.88 Å². The van der Waals surface area contributed by atoms with Crippen molar-refractivity contribution in [1.29, 1.82) is 0 Å². The van der Waals surface area contributed by atoms with E-state index >= 15 is 0 Å². The van der Waals surface area contributed by atoms with E-state index in [-0.39, 0.29) is 18.3 Å². The zero-order valence-electron chi connectivity index (χ0n) is 17.1. The van der Waals surface area contributed by atoms with E-state index in [1.54, 1.807) is 28.4 Å². The second-order valence-corrected chi connectivity index (χ2v) is 8.53. The largest absolute Gasteiger partial charge is 0.379 e. The first-order valence-electron chi connectivity index (χ1n) is 10.1. The van der Waals surface area contributed by atoms with Gasteiger partial charge in [0.25, 0.3) is 5.91 Å². The van der Waals surface area contributed by atoms with E-state index in [1.165, 1.54) is 0 Å². The van der Waals surface area contributed by atoms with Gasteiger partial charge in [0.05, 0.1) is 23.4 Å². The lowest BCUT2D eigenvalue weighted by molar-refractivity contribution is -0.114. The number of hydrogen-bond donors (Lipinski definition) is 0. The molecule has 0 atom stereocenters. The molecule has 1 aliphatic rings. The van der Waals surface area contributed by atoms with E-state index in [0.29, 0.717) is 11.6 Å². The summed E-state index contributed by atoms with van der Waals surface area (Å²) in [5, 5.41) is 1.35. The fourth-order valence-electron chi connectivity index (χ4n) is 3.41. The molecule has 0 radical (unpaired) electrons. The first-order valence-corrected chi connectivity index (χ1v) is 11.3. The van der Waals surface area contributed by atoms with Crippen LogP contribution in [0.15, 0.2) is 54.6 Å². The molecule has 1 amide bonds. The van der Waals surface area contributed by atoms with Crippen LogP contribution >= 0.6 is 35.3 Å². The molecule has 4 rings (SSSR count). The number of thiazole rings is 1. The molecule has 0 spiro atoms. The van der Waals surface area contributed by atoms with Crippen molar-refractivity contribution >= 4 is 62.7 Å². The Labute approximate surface area is 197 Å². The summed E-state index contributed by atoms with van der Waals surface area (Å²) in [6.45, 7) is 5.00. The van der Waals surface area contributed by atoms with Crippen molar-refractivity contribution in [3.8, 4) is 0 Å². The first-order chi connectivity index (χ1) is 14.7. The van der Waals surface area contributed by atoms with Crippen LogP contribution in [0.4, 0.5) is 5.13 Å². The standard InChI is InChI=1S/C23H24ClN3O2S.ClH/c24-19-7-2-1-6-18(19)10-11-22(28)27(13-5-12-26-14-16-29-17-15-26)23-25-20-8-3-4-9-21(20)30-23;/h1-4,6-11H,5,12-17H2;1H/b11-10+;. The third-order valence-electron chi connectivity index (χ3n) is 5.05. The van der Waals surface area contributed by atoms with Crippen molar-refractivity contribution in [2.45, 2.75) is 6.42 Å². The number of halogens is 2. The molecule has 0 N–H and O–H groups in total. The van der Waals surface area contributed by atoms with Crippen LogP contribution in [-0.4, -0.2) is 55.2 Å². The SMILES string of the molecule is Cl.O=C(/C=C/c1ccccc1Cl)N(CCCN1CCOCC1)c1nc2ccccc2s1. The van der Waals surface area contributed by atoms with Gasteiger partial charge in [-0.3, -0.25) is 14.6 Å². The maximum Gasteiger partial charge on any atom is 0.252 e. The zero-order chi connectivity index (χ0) is 20.8. The number of nitrogens with zero attached hydrogens (tertiary/aromatic N) is 3. The number of carbonyl (C=O) groups excluding carboxylic acids is 1. The van der Waals surface area contributed by atoms with Crippen LogP contribution in [0.1, 0.15) is 12.0 Å². The van der Waals surface area contributed by atoms with E-state index in [1.807, 2.05) is 48.5 Å². The summed E-state index contributed by atoms with van der Waals surface area (Å²) in [6, 6.07) is 15.5. The van der Waals surface area contributed by atoms with Gasteiger partial charge in [-0.05, 0) is 36.3 Å². The maximum absolute atomic E-state index is 13.1. The van der Waals surface area contributed by atoms with Crippen LogP contribution in [-0.2, 0) is 9.53 Å². The van der Waals surface area contributed by atoms with Gasteiger partial charge in [-0.15, -0.1) is 12.4 Å². The van der Waals surface area contributed by atoms with Crippen LogP contribution < -0.4 is 4.90 Å². The highest BCUT2D eigenvalue weighted by atomic mass is 35.5. The number of morpholine rings is 1. The van der Waals surface area contributed by atoms with Gasteiger partial charge in [-0.1, -0.05) is 53.3 Å². The average molecular weight is 478 g/mol. The van der Waals surface area contributed by atoms with E-state index < -0.39 is 0 Å². The number of amides is 1. The van der Waals surface area contributed by atoms with Gasteiger partial charge in [-0.25, -0.2) is 4.98 Å². The summed E-state index contributed by atoms with van der Waals surface area (Å²) >= 11 is 7.77. The molecular formula is C23H25Cl2N3O2S. The van der Waals surface area contributed by atoms with Gasteiger partial charge < -0.3 is 4.74 Å². The highest BCUT2D eigenvalue weighted by Gasteiger charge is 2.19. The molecule has 1 saturated heterocycles. The third kappa shape index (κ3) is 6.28. The monoisotopic (exact) mass is 477 g/mol. The van der Waals surface area contributed by atoms with E-state index in [4.69, 9.17) is 21.3 Å². The van der Waals surface area contributed by atoms with Crippen LogP contribution in [0, 0.1) is 0 Å². The molecule has 2 heterocycles. The lowest BCUT2D eigenvalue weighted by atomic mass is 10.2. The number of carbonyl (C=O) groups is 1. The van der Waals surface area contributed by atoms with Crippen LogP contribution in [0.3, 0.4) is 0 Å². The Bertz CT molecular complexity index is 1000. The Morgan fingerprint density at radius 1 is 1.16 bits per heavy atom. The van der Waals surface area contributed by atoms with Gasteiger partial charge in [0, 0.05) is 37.3 Å². The summed E-state index contributed by atoms with van der Waals surface area (Å²) in [5.74, 6) is -0.0871. The average Bonchev–Trinajstić information content (AvgIpc) is 3.20. The molecule has 5 nitrogen and oxygen atoms in total. The molecule has 2 aromatic carbocycles. The lowest BCUT2D eigenvalue weighted by Crippen LogP contribution is -2.39. The molecule has 8 heteroatoms. The summed E-state index contributed by atoms with van der Waals surface area (Å²) in [4.78, 5) is 22.0. The molecule has 0 aliphatic carbocycles. The van der Waals surface area contributed by atoms with Crippen LogP contribution in [0.5, 0.6) is 0 Å². The molecule has 0 saturated carbocycles. The number of anilines is 1. The molecule has 164 valence electrons. The fraction of sp³-hybridized carbons (Fsp3) is 0.304. The van der Waals surface area contributed by atoms with Gasteiger partial charge >= 0.3 is 0 Å². The Hall–Kier alpha value is -1.96. The van der Waals surface area contributed by atoms with Crippen molar-refractivity contribution in [3.63, 3.8) is 0 Å². The maximum atomic E-state index is 13.1. The normalized spacial score (nSPS) is 14.6. The Balaban J connectivity index is 0.00000272. The second-order valence-electron chi connectivity index (χ2n) is 7.12. The highest BCUT2D eigenvalue weighted by molar-refractivity contribution is 7.22. The van der Waals surface area contributed by atoms with Crippen molar-refractivity contribution in [2.24, 2.45) is 0 Å². The number of ether oxygens (including phenoxy) is 1. The minimum absolute atomic E-state index is 0. The van der Waals surface area contributed by atoms with Gasteiger partial charge in [0.1, 0.15) is 0 Å². The van der Waals surface area contributed by atoms with E-state index in [9.17, 15) is 4.79 Å². The van der Waals surface area contributed by atoms with Crippen molar-refractivity contribution in [3.05, 3.63) is 65.2 Å². The topological polar surface area (TPSA) is 45.7 Å². The Morgan fingerprint density at radius 2 is 1.90 bits per heavy atom. The Morgan fingerprint density at radius 3 is 2.68 bits per heavy atom. The van der Waals surface area contributed by atoms with Crippen LogP contribution in [0.25, 0.3) is 16.3 Å². The van der Waals surface area contributed by atoms with E-state index in [2.05, 4.69) is 4.90 Å². The van der Waals surface area contributed by atoms with Gasteiger partial charge in [0.15, 0.2) is 5.13 Å². The minimum Gasteiger partial charge on any atom is -0.379 e. The molecule has 31 heavy (non-hydrogen) atoms. The molecule has 0 unspecified atom stereocenters. The number of fused-ring (bicyclic) bond motifs is 1. The molecule has 3 aromatic rings. The number of para-hydroxylation sites is 1. The van der Waals surface area contributed by atoms with Gasteiger partial charge in [0.2, 0.25) is 0 Å². The zero-order valence-corrected chi connectivity index (χ0v) is 19.5. The summed E-state index contributed by atoms with van der Waals surface area (Å²) in [5.41, 5.74) is 1.74. The smallest absolute Gasteiger partial charge is 0.252 e. The van der Waals surface area contributed by atoms with Crippen LogP contribution in [0.2, 0.25) is 5.02 Å². The molecule has 0 bridgehead atoms. The lowest BCUT2D eigenvalue weighted by Gasteiger charge is -2.27. The number of hydrogen-bond acceptors (Lipinski definition) is 5. The number of aromatic nitrogens is 1. The predicted octanol–water partition coefficient (Wildman–Crippen LogP) is 5.14. The molecule has 1 aliphatic heterocycles. The summed E-state index contributed by atoms with van der Waals surface area (Å²) in [7, 11) is 0.